The van der Waals surface area contributed by atoms with Gasteiger partial charge in [0.1, 0.15) is 42.5 Å². The quantitative estimate of drug-likeness (QED) is 0.128. The number of alkyl carbamates (subject to hydrolysis) is 1. The Morgan fingerprint density at radius 3 is 1.88 bits per heavy atom. The van der Waals surface area contributed by atoms with E-state index in [-0.39, 0.29) is 31.6 Å². The maximum absolute atomic E-state index is 13.8. The third-order valence-electron chi connectivity index (χ3n) is 6.36. The minimum atomic E-state index is -1.57. The molecule has 3 N–H and O–H groups in total. The Morgan fingerprint density at radius 1 is 0.776 bits per heavy atom. The number of ether oxygens (including phenoxy) is 4. The lowest BCUT2D eigenvalue weighted by molar-refractivity contribution is -0.156. The molecule has 0 radical (unpaired) electrons. The van der Waals surface area contributed by atoms with Gasteiger partial charge in [-0.2, -0.15) is 0 Å². The molecule has 0 aromatic heterocycles. The second-order valence-electron chi connectivity index (χ2n) is 14.5. The van der Waals surface area contributed by atoms with E-state index in [0.29, 0.717) is 5.56 Å². The lowest BCUT2D eigenvalue weighted by atomic mass is 9.86. The van der Waals surface area contributed by atoms with Crippen molar-refractivity contribution < 1.29 is 47.7 Å². The Kier molecular flexibility index (Phi) is 16.2. The summed E-state index contributed by atoms with van der Waals surface area (Å²) >= 11 is 0. The Morgan fingerprint density at radius 2 is 1.35 bits per heavy atom. The van der Waals surface area contributed by atoms with Gasteiger partial charge in [0.25, 0.3) is 0 Å². The molecule has 0 aliphatic carbocycles. The fourth-order valence-corrected chi connectivity index (χ4v) is 4.18. The molecule has 3 atom stereocenters. The van der Waals surface area contributed by atoms with Gasteiger partial charge in [0.05, 0.1) is 6.42 Å². The van der Waals surface area contributed by atoms with Gasteiger partial charge in [0, 0.05) is 6.42 Å². The second kappa shape index (κ2) is 18.8. The first-order valence-corrected chi connectivity index (χ1v) is 16.0. The predicted octanol–water partition coefficient (Wildman–Crippen LogP) is 4.44. The highest BCUT2D eigenvalue weighted by molar-refractivity contribution is 5.95. The van der Waals surface area contributed by atoms with Crippen molar-refractivity contribution in [1.82, 2.24) is 16.0 Å². The normalized spacial score (nSPS) is 13.4. The number of rotatable bonds is 16. The van der Waals surface area contributed by atoms with Crippen LogP contribution in [-0.4, -0.2) is 71.8 Å². The van der Waals surface area contributed by atoms with Crippen LogP contribution < -0.4 is 16.0 Å². The van der Waals surface area contributed by atoms with Crippen LogP contribution >= 0.6 is 0 Å². The molecule has 1 aromatic carbocycles. The molecule has 13 heteroatoms. The first-order chi connectivity index (χ1) is 22.5. The van der Waals surface area contributed by atoms with Gasteiger partial charge in [-0.05, 0) is 64.5 Å². The third-order valence-corrected chi connectivity index (χ3v) is 6.36. The van der Waals surface area contributed by atoms with E-state index in [0.717, 1.165) is 0 Å². The minimum absolute atomic E-state index is 0.0599. The number of hydrogen-bond acceptors (Lipinski definition) is 10. The number of nitrogens with one attached hydrogen (secondary N) is 3. The molecule has 0 bridgehead atoms. The summed E-state index contributed by atoms with van der Waals surface area (Å²) in [6, 6.07) is 4.69. The first kappa shape index (κ1) is 42.3. The molecular weight excluding hydrogens is 634 g/mol. The molecular formula is C36H53N3O10. The van der Waals surface area contributed by atoms with Crippen LogP contribution in [0, 0.1) is 5.41 Å². The highest BCUT2D eigenvalue weighted by Gasteiger charge is 2.37. The average molecular weight is 688 g/mol. The molecule has 1 rings (SSSR count). The summed E-state index contributed by atoms with van der Waals surface area (Å²) in [7, 11) is 0. The summed E-state index contributed by atoms with van der Waals surface area (Å²) in [6.45, 7) is 22.4. The highest BCUT2D eigenvalue weighted by atomic mass is 16.6. The summed E-state index contributed by atoms with van der Waals surface area (Å²) in [6.07, 6.45) is -0.598. The Labute approximate surface area is 289 Å². The van der Waals surface area contributed by atoms with Crippen molar-refractivity contribution in [2.24, 2.45) is 5.41 Å². The van der Waals surface area contributed by atoms with E-state index >= 15 is 0 Å². The molecule has 0 saturated heterocycles. The summed E-state index contributed by atoms with van der Waals surface area (Å²) in [5.41, 5.74) is -1.83. The van der Waals surface area contributed by atoms with Crippen LogP contribution in [0.3, 0.4) is 0 Å². The van der Waals surface area contributed by atoms with E-state index in [1.807, 2.05) is 0 Å². The van der Waals surface area contributed by atoms with Crippen molar-refractivity contribution in [3.05, 3.63) is 60.7 Å². The Balaban J connectivity index is 3.37. The maximum Gasteiger partial charge on any atom is 0.408 e. The zero-order valence-corrected chi connectivity index (χ0v) is 30.2. The van der Waals surface area contributed by atoms with Gasteiger partial charge in [-0.3, -0.25) is 19.2 Å². The van der Waals surface area contributed by atoms with Crippen LogP contribution in [0.25, 0.3) is 0 Å². The van der Waals surface area contributed by atoms with Crippen molar-refractivity contribution in [2.75, 3.05) is 6.61 Å². The van der Waals surface area contributed by atoms with Crippen LogP contribution in [0.15, 0.2) is 55.1 Å². The summed E-state index contributed by atoms with van der Waals surface area (Å²) in [5.74, 6) is -3.82. The van der Waals surface area contributed by atoms with Gasteiger partial charge in [0.2, 0.25) is 11.8 Å². The largest absolute Gasteiger partial charge is 0.460 e. The van der Waals surface area contributed by atoms with Crippen LogP contribution in [0.5, 0.6) is 0 Å². The average Bonchev–Trinajstić information content (AvgIpc) is 2.96. The molecule has 49 heavy (non-hydrogen) atoms. The van der Waals surface area contributed by atoms with Crippen molar-refractivity contribution in [1.29, 1.82) is 0 Å². The summed E-state index contributed by atoms with van der Waals surface area (Å²) < 4.78 is 21.2. The topological polar surface area (TPSA) is 175 Å². The van der Waals surface area contributed by atoms with Gasteiger partial charge in [-0.1, -0.05) is 70.3 Å². The number of carbonyl (C=O) groups is 6. The molecule has 13 nitrogen and oxygen atoms in total. The van der Waals surface area contributed by atoms with Crippen molar-refractivity contribution in [2.45, 2.75) is 118 Å². The van der Waals surface area contributed by atoms with Crippen LogP contribution in [0.1, 0.15) is 87.1 Å². The fourth-order valence-electron chi connectivity index (χ4n) is 4.18. The molecule has 3 unspecified atom stereocenters. The molecule has 0 saturated carbocycles. The van der Waals surface area contributed by atoms with Gasteiger partial charge in [-0.15, -0.1) is 0 Å². The van der Waals surface area contributed by atoms with Crippen molar-refractivity contribution >= 4 is 35.8 Å². The van der Waals surface area contributed by atoms with E-state index in [1.54, 1.807) is 92.6 Å². The number of benzene rings is 1. The number of carbonyl (C=O) groups excluding carboxylic acids is 6. The lowest BCUT2D eigenvalue weighted by Gasteiger charge is -2.31. The van der Waals surface area contributed by atoms with Crippen molar-refractivity contribution in [3.8, 4) is 0 Å². The zero-order valence-electron chi connectivity index (χ0n) is 30.2. The Bertz CT molecular complexity index is 1340. The summed E-state index contributed by atoms with van der Waals surface area (Å²) in [4.78, 5) is 78.5. The molecule has 0 heterocycles. The van der Waals surface area contributed by atoms with Crippen LogP contribution in [-0.2, 0) is 49.5 Å². The number of esters is 3. The fraction of sp³-hybridized carbons (Fsp3) is 0.556. The molecule has 0 fully saturated rings. The summed E-state index contributed by atoms with van der Waals surface area (Å²) in [5, 5.41) is 7.58. The highest BCUT2D eigenvalue weighted by Crippen LogP contribution is 2.21. The number of hydrogen-bond donors (Lipinski definition) is 3. The molecule has 272 valence electrons. The lowest BCUT2D eigenvalue weighted by Crippen LogP contribution is -2.58. The minimum Gasteiger partial charge on any atom is -0.460 e. The number of amides is 3. The Hall–Kier alpha value is -4.68. The van der Waals surface area contributed by atoms with E-state index in [9.17, 15) is 28.8 Å². The van der Waals surface area contributed by atoms with E-state index < -0.39 is 77.0 Å². The monoisotopic (exact) mass is 687 g/mol. The maximum atomic E-state index is 13.8. The van der Waals surface area contributed by atoms with Gasteiger partial charge in [0.15, 0.2) is 0 Å². The molecule has 0 aliphatic heterocycles. The second-order valence-corrected chi connectivity index (χ2v) is 14.5. The third kappa shape index (κ3) is 17.3. The van der Waals surface area contributed by atoms with E-state index in [4.69, 9.17) is 18.9 Å². The van der Waals surface area contributed by atoms with Crippen LogP contribution in [0.4, 0.5) is 4.79 Å². The smallest absolute Gasteiger partial charge is 0.408 e. The predicted molar refractivity (Wildman–Crippen MR) is 183 cm³/mol. The standard InChI is InChI=1S/C36H53N3O10/c1-12-20-46-32(44)29(34(3,4)5)39-30(42)25(18-19-26(40)48-35(6,7)8)37-31(43)28(23(2)21-27(41)49-36(9,10)11)38-33(45)47-22-24-16-14-13-15-17-24/h12-17,25,28-29H,1-2,18-22H2,3-11H3,(H,37,43)(H,38,45)(H,39,42). The SMILES string of the molecule is C=CCOC(=O)C(NC(=O)C(CCC(=O)OC(C)(C)C)NC(=O)C(NC(=O)OCc1ccccc1)C(=C)CC(=O)OC(C)(C)C)C(C)(C)C. The van der Waals surface area contributed by atoms with Crippen LogP contribution in [0.2, 0.25) is 0 Å². The molecule has 0 spiro atoms. The van der Waals surface area contributed by atoms with Gasteiger partial charge in [-0.25, -0.2) is 9.59 Å². The molecule has 0 aliphatic rings. The van der Waals surface area contributed by atoms with Gasteiger partial charge < -0.3 is 34.9 Å². The first-order valence-electron chi connectivity index (χ1n) is 16.0. The molecule has 3 amide bonds. The van der Waals surface area contributed by atoms with Crippen molar-refractivity contribution in [3.63, 3.8) is 0 Å². The molecule has 1 aromatic rings. The zero-order chi connectivity index (χ0) is 37.6. The van der Waals surface area contributed by atoms with E-state index in [1.165, 1.54) is 6.08 Å². The van der Waals surface area contributed by atoms with Gasteiger partial charge >= 0.3 is 24.0 Å². The van der Waals surface area contributed by atoms with E-state index in [2.05, 4.69) is 29.1 Å².